The van der Waals surface area contributed by atoms with Gasteiger partial charge in [0.15, 0.2) is 0 Å². The summed E-state index contributed by atoms with van der Waals surface area (Å²) < 4.78 is 1.12. The molecule has 0 aliphatic heterocycles. The molecule has 74 valence electrons. The van der Waals surface area contributed by atoms with Crippen molar-refractivity contribution in [2.75, 3.05) is 5.75 Å². The Bertz CT molecular complexity index is 224. The number of thioether (sulfide) groups is 1. The number of thiazole rings is 1. The Morgan fingerprint density at radius 2 is 2.46 bits per heavy atom. The van der Waals surface area contributed by atoms with Crippen molar-refractivity contribution < 1.29 is 0 Å². The molecule has 0 saturated heterocycles. The van der Waals surface area contributed by atoms with Gasteiger partial charge in [0.05, 0.1) is 0 Å². The van der Waals surface area contributed by atoms with E-state index >= 15 is 0 Å². The molecule has 0 bridgehead atoms. The van der Waals surface area contributed by atoms with Crippen LogP contribution in [0.4, 0.5) is 0 Å². The highest BCUT2D eigenvalue weighted by Gasteiger charge is 2.11. The fraction of sp³-hybridized carbons (Fsp3) is 0.667. The lowest BCUT2D eigenvalue weighted by atomic mass is 10.0. The summed E-state index contributed by atoms with van der Waals surface area (Å²) in [5.74, 6) is 1.58. The number of hydrogen-bond donors (Lipinski definition) is 1. The number of aromatic nitrogens is 1. The molecule has 1 rings (SSSR count). The van der Waals surface area contributed by atoms with Gasteiger partial charge in [-0.05, 0) is 5.92 Å². The van der Waals surface area contributed by atoms with Crippen LogP contribution in [0.1, 0.15) is 20.3 Å². The Kier molecular flexibility index (Phi) is 4.77. The fourth-order valence-electron chi connectivity index (χ4n) is 0.916. The van der Waals surface area contributed by atoms with Crippen LogP contribution >= 0.6 is 23.1 Å². The molecule has 13 heavy (non-hydrogen) atoms. The maximum absolute atomic E-state index is 6.00. The average Bonchev–Trinajstić information content (AvgIpc) is 2.65. The fourth-order valence-corrected chi connectivity index (χ4v) is 2.72. The molecule has 1 heterocycles. The normalized spacial score (nSPS) is 15.6. The zero-order valence-electron chi connectivity index (χ0n) is 8.06. The van der Waals surface area contributed by atoms with Crippen LogP contribution in [0.2, 0.25) is 0 Å². The van der Waals surface area contributed by atoms with Gasteiger partial charge in [0.25, 0.3) is 0 Å². The van der Waals surface area contributed by atoms with Crippen molar-refractivity contribution in [2.45, 2.75) is 30.6 Å². The van der Waals surface area contributed by atoms with E-state index in [0.717, 1.165) is 16.5 Å². The summed E-state index contributed by atoms with van der Waals surface area (Å²) in [6, 6.07) is 0.291. The standard InChI is InChI=1S/C9H16N2S2/c1-3-7(2)8(10)6-13-9-11-4-5-12-9/h4-5,7-8H,3,6,10H2,1-2H3. The summed E-state index contributed by atoms with van der Waals surface area (Å²) in [5.41, 5.74) is 6.00. The van der Waals surface area contributed by atoms with E-state index in [9.17, 15) is 0 Å². The number of nitrogens with two attached hydrogens (primary N) is 1. The smallest absolute Gasteiger partial charge is 0.149 e. The van der Waals surface area contributed by atoms with Crippen LogP contribution in [0.15, 0.2) is 15.9 Å². The second-order valence-electron chi connectivity index (χ2n) is 3.16. The highest BCUT2D eigenvalue weighted by atomic mass is 32.2. The van der Waals surface area contributed by atoms with Crippen molar-refractivity contribution in [3.63, 3.8) is 0 Å². The topological polar surface area (TPSA) is 38.9 Å². The third-order valence-electron chi connectivity index (χ3n) is 2.18. The first-order valence-corrected chi connectivity index (χ1v) is 6.38. The van der Waals surface area contributed by atoms with Gasteiger partial charge in [-0.3, -0.25) is 0 Å². The van der Waals surface area contributed by atoms with Gasteiger partial charge in [-0.1, -0.05) is 32.0 Å². The van der Waals surface area contributed by atoms with Crippen LogP contribution in [0.25, 0.3) is 0 Å². The molecule has 0 amide bonds. The quantitative estimate of drug-likeness (QED) is 0.769. The number of nitrogens with zero attached hydrogens (tertiary/aromatic N) is 1. The lowest BCUT2D eigenvalue weighted by molar-refractivity contribution is 0.475. The SMILES string of the molecule is CCC(C)C(N)CSc1nccs1. The van der Waals surface area contributed by atoms with E-state index in [1.807, 2.05) is 11.6 Å². The molecule has 0 aliphatic carbocycles. The Labute approximate surface area is 87.9 Å². The predicted molar refractivity (Wildman–Crippen MR) is 60.3 cm³/mol. The zero-order chi connectivity index (χ0) is 9.68. The summed E-state index contributed by atoms with van der Waals surface area (Å²) in [7, 11) is 0. The molecule has 0 saturated carbocycles. The Balaban J connectivity index is 2.26. The average molecular weight is 216 g/mol. The second kappa shape index (κ2) is 5.62. The first-order valence-electron chi connectivity index (χ1n) is 4.52. The van der Waals surface area contributed by atoms with Crippen molar-refractivity contribution in [1.82, 2.24) is 4.98 Å². The molecule has 2 nitrogen and oxygen atoms in total. The van der Waals surface area contributed by atoms with E-state index in [2.05, 4.69) is 18.8 Å². The highest BCUT2D eigenvalue weighted by molar-refractivity contribution is 8.01. The van der Waals surface area contributed by atoms with Crippen LogP contribution < -0.4 is 5.73 Å². The van der Waals surface area contributed by atoms with Crippen molar-refractivity contribution in [2.24, 2.45) is 11.7 Å². The van der Waals surface area contributed by atoms with Gasteiger partial charge in [0, 0.05) is 23.4 Å². The first kappa shape index (κ1) is 11.0. The lowest BCUT2D eigenvalue weighted by Crippen LogP contribution is -2.30. The minimum absolute atomic E-state index is 0.291. The van der Waals surface area contributed by atoms with Crippen molar-refractivity contribution >= 4 is 23.1 Å². The zero-order valence-corrected chi connectivity index (χ0v) is 9.70. The molecule has 2 unspecified atom stereocenters. The predicted octanol–water partition coefficient (Wildman–Crippen LogP) is 2.61. The molecule has 0 fully saturated rings. The van der Waals surface area contributed by atoms with Crippen LogP contribution in [-0.2, 0) is 0 Å². The second-order valence-corrected chi connectivity index (χ2v) is 5.32. The van der Waals surface area contributed by atoms with E-state index < -0.39 is 0 Å². The summed E-state index contributed by atoms with van der Waals surface area (Å²) >= 11 is 3.44. The van der Waals surface area contributed by atoms with Crippen LogP contribution in [0, 0.1) is 5.92 Å². The van der Waals surface area contributed by atoms with E-state index in [4.69, 9.17) is 5.73 Å². The van der Waals surface area contributed by atoms with Gasteiger partial charge >= 0.3 is 0 Å². The molecular formula is C9H16N2S2. The Hall–Kier alpha value is -0.0600. The minimum atomic E-state index is 0.291. The Morgan fingerprint density at radius 1 is 1.69 bits per heavy atom. The molecule has 4 heteroatoms. The maximum Gasteiger partial charge on any atom is 0.149 e. The van der Waals surface area contributed by atoms with E-state index in [0.29, 0.717) is 12.0 Å². The van der Waals surface area contributed by atoms with Gasteiger partial charge in [-0.15, -0.1) is 11.3 Å². The van der Waals surface area contributed by atoms with E-state index in [1.165, 1.54) is 0 Å². The summed E-state index contributed by atoms with van der Waals surface area (Å²) in [6.45, 7) is 4.38. The monoisotopic (exact) mass is 216 g/mol. The first-order chi connectivity index (χ1) is 6.24. The van der Waals surface area contributed by atoms with E-state index in [-0.39, 0.29) is 0 Å². The molecular weight excluding hydrogens is 200 g/mol. The molecule has 0 radical (unpaired) electrons. The molecule has 2 N–H and O–H groups in total. The highest BCUT2D eigenvalue weighted by Crippen LogP contribution is 2.22. The molecule has 1 aromatic rings. The molecule has 0 aliphatic rings. The Morgan fingerprint density at radius 3 is 3.00 bits per heavy atom. The summed E-state index contributed by atoms with van der Waals surface area (Å²) in [4.78, 5) is 4.20. The van der Waals surface area contributed by atoms with Crippen LogP contribution in [-0.4, -0.2) is 16.8 Å². The summed E-state index contributed by atoms with van der Waals surface area (Å²) in [5, 5.41) is 2.00. The van der Waals surface area contributed by atoms with Gasteiger partial charge in [-0.2, -0.15) is 0 Å². The van der Waals surface area contributed by atoms with Crippen LogP contribution in [0.3, 0.4) is 0 Å². The largest absolute Gasteiger partial charge is 0.327 e. The lowest BCUT2D eigenvalue weighted by Gasteiger charge is -2.16. The molecule has 2 atom stereocenters. The van der Waals surface area contributed by atoms with Gasteiger partial charge in [0.1, 0.15) is 4.34 Å². The van der Waals surface area contributed by atoms with Crippen molar-refractivity contribution in [3.8, 4) is 0 Å². The van der Waals surface area contributed by atoms with Crippen LogP contribution in [0.5, 0.6) is 0 Å². The number of rotatable bonds is 5. The minimum Gasteiger partial charge on any atom is -0.327 e. The van der Waals surface area contributed by atoms with E-state index in [1.54, 1.807) is 23.1 Å². The van der Waals surface area contributed by atoms with Crippen molar-refractivity contribution in [3.05, 3.63) is 11.6 Å². The summed E-state index contributed by atoms with van der Waals surface area (Å²) in [6.07, 6.45) is 2.99. The van der Waals surface area contributed by atoms with Gasteiger partial charge in [-0.25, -0.2) is 4.98 Å². The number of hydrogen-bond acceptors (Lipinski definition) is 4. The van der Waals surface area contributed by atoms with Gasteiger partial charge in [0.2, 0.25) is 0 Å². The maximum atomic E-state index is 6.00. The van der Waals surface area contributed by atoms with Crippen molar-refractivity contribution in [1.29, 1.82) is 0 Å². The van der Waals surface area contributed by atoms with Gasteiger partial charge < -0.3 is 5.73 Å². The molecule has 0 spiro atoms. The molecule has 0 aromatic carbocycles. The molecule has 1 aromatic heterocycles. The third-order valence-corrected chi connectivity index (χ3v) is 4.29. The third kappa shape index (κ3) is 3.67.